The fourth-order valence-electron chi connectivity index (χ4n) is 2.39. The Balaban J connectivity index is 2.27. The van der Waals surface area contributed by atoms with Crippen molar-refractivity contribution in [2.75, 3.05) is 26.1 Å². The van der Waals surface area contributed by atoms with Gasteiger partial charge in [0.15, 0.2) is 0 Å². The molecule has 1 atom stereocenters. The van der Waals surface area contributed by atoms with Gasteiger partial charge in [-0.2, -0.15) is 0 Å². The first-order valence-electron chi connectivity index (χ1n) is 7.15. The Morgan fingerprint density at radius 2 is 1.55 bits per heavy atom. The van der Waals surface area contributed by atoms with Crippen LogP contribution in [-0.4, -0.2) is 27.2 Å². The molecule has 2 aromatic rings. The predicted octanol–water partition coefficient (Wildman–Crippen LogP) is 3.86. The minimum Gasteiger partial charge on any atom is -0.465 e. The summed E-state index contributed by atoms with van der Waals surface area (Å²) in [7, 11) is 5.42. The number of ether oxygens (including phenoxy) is 1. The summed E-state index contributed by atoms with van der Waals surface area (Å²) in [5.74, 6) is -0.222. The number of anilines is 1. The molecule has 0 unspecified atom stereocenters. The van der Waals surface area contributed by atoms with Crippen LogP contribution in [0.4, 0.5) is 5.69 Å². The summed E-state index contributed by atoms with van der Waals surface area (Å²) < 4.78 is 4.72. The van der Waals surface area contributed by atoms with Gasteiger partial charge in [-0.25, -0.2) is 4.79 Å². The number of hydrogen-bond acceptors (Lipinski definition) is 3. The molecule has 0 aliphatic heterocycles. The second-order valence-corrected chi connectivity index (χ2v) is 5.31. The van der Waals surface area contributed by atoms with Crippen LogP contribution < -0.4 is 4.90 Å². The van der Waals surface area contributed by atoms with Gasteiger partial charge < -0.3 is 9.64 Å². The number of methoxy groups -OCH3 is 1. The summed E-state index contributed by atoms with van der Waals surface area (Å²) in [4.78, 5) is 13.6. The quantitative estimate of drug-likeness (QED) is 0.619. The largest absolute Gasteiger partial charge is 0.465 e. The Hall–Kier alpha value is -2.55. The number of rotatable bonds is 5. The lowest BCUT2D eigenvalue weighted by molar-refractivity contribution is 0.0600. The summed E-state index contributed by atoms with van der Waals surface area (Å²) in [6.07, 6.45) is 1.91. The first kappa shape index (κ1) is 15.8. The van der Waals surface area contributed by atoms with Gasteiger partial charge in [-0.1, -0.05) is 30.3 Å². The Morgan fingerprint density at radius 1 is 1.05 bits per heavy atom. The summed E-state index contributed by atoms with van der Waals surface area (Å²) in [6, 6.07) is 15.9. The van der Waals surface area contributed by atoms with Crippen LogP contribution in [0.5, 0.6) is 0 Å². The predicted molar refractivity (Wildman–Crippen MR) is 90.6 cm³/mol. The van der Waals surface area contributed by atoms with Gasteiger partial charge >= 0.3 is 5.97 Å². The minimum absolute atomic E-state index is 0.0999. The van der Waals surface area contributed by atoms with Gasteiger partial charge in [0.05, 0.1) is 12.7 Å². The number of carbonyl (C=O) groups excluding carboxylic acids is 1. The molecule has 3 heteroatoms. The number of nitrogens with zero attached hydrogens (tertiary/aromatic N) is 1. The van der Waals surface area contributed by atoms with E-state index in [2.05, 4.69) is 35.7 Å². The first-order valence-corrected chi connectivity index (χ1v) is 7.15. The zero-order chi connectivity index (χ0) is 16.1. The molecule has 0 aliphatic carbocycles. The third kappa shape index (κ3) is 3.37. The highest BCUT2D eigenvalue weighted by Crippen LogP contribution is 2.27. The molecule has 0 aromatic heterocycles. The van der Waals surface area contributed by atoms with Crippen LogP contribution in [-0.2, 0) is 4.74 Å². The number of carbonyl (C=O) groups is 1. The second kappa shape index (κ2) is 6.94. The average Bonchev–Trinajstić information content (AvgIpc) is 2.56. The van der Waals surface area contributed by atoms with Gasteiger partial charge in [-0.15, -0.1) is 6.58 Å². The van der Waals surface area contributed by atoms with E-state index in [1.165, 1.54) is 12.7 Å². The van der Waals surface area contributed by atoms with Crippen molar-refractivity contribution in [1.82, 2.24) is 0 Å². The van der Waals surface area contributed by atoms with Gasteiger partial charge in [0.25, 0.3) is 0 Å². The Kier molecular flexibility index (Phi) is 4.99. The molecule has 2 aromatic carbocycles. The number of hydrogen-bond donors (Lipinski definition) is 0. The van der Waals surface area contributed by atoms with E-state index in [-0.39, 0.29) is 11.9 Å². The van der Waals surface area contributed by atoms with E-state index < -0.39 is 0 Å². The van der Waals surface area contributed by atoms with Crippen molar-refractivity contribution in [3.05, 3.63) is 77.9 Å². The third-order valence-electron chi connectivity index (χ3n) is 3.70. The second-order valence-electron chi connectivity index (χ2n) is 5.31. The molecule has 114 valence electrons. The maximum atomic E-state index is 11.5. The fraction of sp³-hybridized carbons (Fsp3) is 0.211. The van der Waals surface area contributed by atoms with Gasteiger partial charge in [0, 0.05) is 25.7 Å². The van der Waals surface area contributed by atoms with E-state index in [1.54, 1.807) is 12.1 Å². The maximum Gasteiger partial charge on any atom is 0.337 e. The van der Waals surface area contributed by atoms with Crippen molar-refractivity contribution >= 4 is 11.7 Å². The lowest BCUT2D eigenvalue weighted by Crippen LogP contribution is -2.08. The highest BCUT2D eigenvalue weighted by molar-refractivity contribution is 5.89. The van der Waals surface area contributed by atoms with Crippen LogP contribution in [0, 0.1) is 0 Å². The van der Waals surface area contributed by atoms with Crippen molar-refractivity contribution in [2.45, 2.75) is 5.92 Å². The molecule has 0 amide bonds. The topological polar surface area (TPSA) is 29.5 Å². The molecule has 0 saturated heterocycles. The summed E-state index contributed by atoms with van der Waals surface area (Å²) in [5, 5.41) is 0. The maximum absolute atomic E-state index is 11.5. The number of allylic oxidation sites excluding steroid dienone is 1. The fourth-order valence-corrected chi connectivity index (χ4v) is 2.39. The van der Waals surface area contributed by atoms with Crippen molar-refractivity contribution in [3.63, 3.8) is 0 Å². The van der Waals surface area contributed by atoms with Crippen molar-refractivity contribution < 1.29 is 9.53 Å². The lowest BCUT2D eigenvalue weighted by Gasteiger charge is -2.17. The zero-order valence-electron chi connectivity index (χ0n) is 13.2. The molecule has 0 fully saturated rings. The monoisotopic (exact) mass is 295 g/mol. The molecule has 0 aliphatic rings. The summed E-state index contributed by atoms with van der Waals surface area (Å²) in [6.45, 7) is 3.94. The van der Waals surface area contributed by atoms with Crippen molar-refractivity contribution in [1.29, 1.82) is 0 Å². The van der Waals surface area contributed by atoms with E-state index >= 15 is 0 Å². The number of benzene rings is 2. The molecule has 22 heavy (non-hydrogen) atoms. The lowest BCUT2D eigenvalue weighted by atomic mass is 9.91. The molecule has 3 nitrogen and oxygen atoms in total. The van der Waals surface area contributed by atoms with E-state index in [4.69, 9.17) is 4.74 Å². The Morgan fingerprint density at radius 3 is 1.95 bits per heavy atom. The van der Waals surface area contributed by atoms with Crippen LogP contribution in [0.3, 0.4) is 0 Å². The molecule has 0 heterocycles. The summed E-state index contributed by atoms with van der Waals surface area (Å²) in [5.41, 5.74) is 3.98. The zero-order valence-corrected chi connectivity index (χ0v) is 13.2. The molecule has 0 radical (unpaired) electrons. The molecular formula is C19H21NO2. The van der Waals surface area contributed by atoms with E-state index in [0.717, 1.165) is 11.3 Å². The van der Waals surface area contributed by atoms with E-state index in [0.29, 0.717) is 5.56 Å². The minimum atomic E-state index is -0.322. The van der Waals surface area contributed by atoms with Gasteiger partial charge in [-0.05, 0) is 35.4 Å². The van der Waals surface area contributed by atoms with E-state index in [9.17, 15) is 4.79 Å². The van der Waals surface area contributed by atoms with Crippen LogP contribution >= 0.6 is 0 Å². The standard InChI is InChI=1S/C19H21NO2/c1-5-18(15-10-12-17(13-11-15)20(2)3)14-6-8-16(9-7-14)19(21)22-4/h5-13,18H,1H2,2-4H3/t18-/m1/s1. The molecular weight excluding hydrogens is 274 g/mol. The van der Waals surface area contributed by atoms with Gasteiger partial charge in [0.1, 0.15) is 0 Å². The average molecular weight is 295 g/mol. The molecule has 0 bridgehead atoms. The third-order valence-corrected chi connectivity index (χ3v) is 3.70. The first-order chi connectivity index (χ1) is 10.6. The van der Waals surface area contributed by atoms with Crippen LogP contribution in [0.25, 0.3) is 0 Å². The van der Waals surface area contributed by atoms with Crippen molar-refractivity contribution in [2.24, 2.45) is 0 Å². The summed E-state index contributed by atoms with van der Waals surface area (Å²) >= 11 is 0. The molecule has 0 spiro atoms. The SMILES string of the molecule is C=C[C@H](c1ccc(C(=O)OC)cc1)c1ccc(N(C)C)cc1. The number of esters is 1. The van der Waals surface area contributed by atoms with Crippen molar-refractivity contribution in [3.8, 4) is 0 Å². The normalized spacial score (nSPS) is 11.6. The smallest absolute Gasteiger partial charge is 0.337 e. The van der Waals surface area contributed by atoms with Gasteiger partial charge in [0.2, 0.25) is 0 Å². The van der Waals surface area contributed by atoms with E-state index in [1.807, 2.05) is 32.3 Å². The van der Waals surface area contributed by atoms with Crippen LogP contribution in [0.15, 0.2) is 61.2 Å². The van der Waals surface area contributed by atoms with Crippen LogP contribution in [0.1, 0.15) is 27.4 Å². The molecule has 0 N–H and O–H groups in total. The van der Waals surface area contributed by atoms with Crippen LogP contribution in [0.2, 0.25) is 0 Å². The Bertz CT molecular complexity index is 642. The Labute approximate surface area is 131 Å². The highest BCUT2D eigenvalue weighted by atomic mass is 16.5. The van der Waals surface area contributed by atoms with Gasteiger partial charge in [-0.3, -0.25) is 0 Å². The highest BCUT2D eigenvalue weighted by Gasteiger charge is 2.12. The molecule has 2 rings (SSSR count). The molecule has 0 saturated carbocycles.